The highest BCUT2D eigenvalue weighted by atomic mass is 16.6. The predicted octanol–water partition coefficient (Wildman–Crippen LogP) is -0.439. The Hall–Kier alpha value is -3.81. The van der Waals surface area contributed by atoms with Crippen molar-refractivity contribution in [3.05, 3.63) is 56.0 Å². The molecule has 0 saturated heterocycles. The first-order valence-electron chi connectivity index (χ1n) is 10.5. The number of hydrogen-bond acceptors (Lipinski definition) is 11. The number of phenolic OH excluding ortho intramolecular Hbond substituents is 1. The lowest BCUT2D eigenvalue weighted by Gasteiger charge is -2.53. The smallest absolute Gasteiger partial charge is 0.311 e. The number of Topliss-reactive ketones (excluding diaryl/α,β-unsaturated/α-hetero) is 2. The zero-order chi connectivity index (χ0) is 26.3. The maximum Gasteiger partial charge on any atom is 0.311 e. The minimum absolute atomic E-state index is 0.144. The fraction of sp³-hybridized carbons (Fsp3) is 0.409. The SMILES string of the molecule is C[C@H]1c2ccc([N+](=O)[O-])c(O)c2C(=O)C2=C(O)[C@]3(O)C(=O)C(C(N)=O)=C(O)[C@@H](N(C)C)C3[C@@H](O)C21. The second kappa shape index (κ2) is 7.60. The van der Waals surface area contributed by atoms with Crippen LogP contribution in [0.25, 0.3) is 0 Å². The number of carbonyl (C=O) groups excluding carboxylic acids is 3. The van der Waals surface area contributed by atoms with E-state index in [4.69, 9.17) is 5.73 Å². The molecule has 0 aromatic heterocycles. The van der Waals surface area contributed by atoms with Crippen LogP contribution in [0.4, 0.5) is 5.69 Å². The molecule has 13 heteroatoms. The fourth-order valence-corrected chi connectivity index (χ4v) is 5.76. The van der Waals surface area contributed by atoms with E-state index in [0.29, 0.717) is 0 Å². The highest BCUT2D eigenvalue weighted by molar-refractivity contribution is 6.25. The molecule has 0 heterocycles. The van der Waals surface area contributed by atoms with Crippen LogP contribution in [0.2, 0.25) is 0 Å². The van der Waals surface area contributed by atoms with Crippen LogP contribution in [0.15, 0.2) is 34.8 Å². The molecule has 0 aliphatic heterocycles. The molecule has 0 spiro atoms. The van der Waals surface area contributed by atoms with Crippen molar-refractivity contribution in [2.75, 3.05) is 14.1 Å². The van der Waals surface area contributed by atoms with Crippen molar-refractivity contribution in [1.29, 1.82) is 0 Å². The average molecular weight is 489 g/mol. The summed E-state index contributed by atoms with van der Waals surface area (Å²) in [7, 11) is 2.86. The second-order valence-electron chi connectivity index (χ2n) is 9.21. The summed E-state index contributed by atoms with van der Waals surface area (Å²) in [6.45, 7) is 1.53. The molecule has 1 aromatic carbocycles. The molecule has 1 amide bonds. The van der Waals surface area contributed by atoms with Gasteiger partial charge in [0.2, 0.25) is 11.5 Å². The third-order valence-corrected chi connectivity index (χ3v) is 7.31. The summed E-state index contributed by atoms with van der Waals surface area (Å²) in [5, 5.41) is 66.7. The van der Waals surface area contributed by atoms with Gasteiger partial charge in [0.25, 0.3) is 5.91 Å². The van der Waals surface area contributed by atoms with Gasteiger partial charge in [0.15, 0.2) is 11.4 Å². The normalized spacial score (nSPS) is 32.3. The Morgan fingerprint density at radius 3 is 2.31 bits per heavy atom. The number of aliphatic hydroxyl groups excluding tert-OH is 3. The number of fused-ring (bicyclic) bond motifs is 3. The topological polar surface area (TPSA) is 225 Å². The molecule has 4 rings (SSSR count). The molecule has 0 bridgehead atoms. The van der Waals surface area contributed by atoms with Gasteiger partial charge in [-0.05, 0) is 25.6 Å². The first-order valence-corrected chi connectivity index (χ1v) is 10.5. The standard InChI is InChI=1S/C22H23N3O10/c1-6-7-4-5-8(25(34)35)15(26)10(7)16(27)11-9(6)17(28)13-14(24(2)3)18(29)12(21(23)32)20(31)22(13,33)19(11)30/h4-6,9,13-14,17,26,28-30,33H,1-3H3,(H2,23,32)/t6-,9?,13?,14-,17-,22-/m0/s1. The molecule has 6 atom stereocenters. The van der Waals surface area contributed by atoms with Gasteiger partial charge in [-0.2, -0.15) is 0 Å². The van der Waals surface area contributed by atoms with Crippen molar-refractivity contribution in [3.8, 4) is 5.75 Å². The number of nitro groups is 1. The number of aliphatic hydroxyl groups is 4. The zero-order valence-corrected chi connectivity index (χ0v) is 18.8. The Balaban J connectivity index is 2.06. The molecule has 35 heavy (non-hydrogen) atoms. The number of aromatic hydroxyl groups is 1. The van der Waals surface area contributed by atoms with Crippen LogP contribution < -0.4 is 5.73 Å². The Morgan fingerprint density at radius 2 is 1.80 bits per heavy atom. The Bertz CT molecular complexity index is 1280. The zero-order valence-electron chi connectivity index (χ0n) is 18.8. The minimum Gasteiger partial charge on any atom is -0.510 e. The van der Waals surface area contributed by atoms with Crippen LogP contribution in [0.3, 0.4) is 0 Å². The van der Waals surface area contributed by atoms with Gasteiger partial charge in [-0.1, -0.05) is 13.0 Å². The highest BCUT2D eigenvalue weighted by Gasteiger charge is 2.67. The minimum atomic E-state index is -3.04. The van der Waals surface area contributed by atoms with E-state index in [-0.39, 0.29) is 5.56 Å². The lowest BCUT2D eigenvalue weighted by molar-refractivity contribution is -0.385. The maximum absolute atomic E-state index is 13.5. The van der Waals surface area contributed by atoms with E-state index in [0.717, 1.165) is 6.07 Å². The van der Waals surface area contributed by atoms with E-state index < -0.39 is 97.6 Å². The molecular formula is C22H23N3O10. The number of rotatable bonds is 3. The van der Waals surface area contributed by atoms with Crippen molar-refractivity contribution in [2.24, 2.45) is 17.6 Å². The highest BCUT2D eigenvalue weighted by Crippen LogP contribution is 2.56. The van der Waals surface area contributed by atoms with E-state index in [1.54, 1.807) is 0 Å². The summed E-state index contributed by atoms with van der Waals surface area (Å²) in [6, 6.07) is 0.876. The van der Waals surface area contributed by atoms with Crippen molar-refractivity contribution >= 4 is 23.2 Å². The maximum atomic E-state index is 13.5. The first kappa shape index (κ1) is 24.3. The average Bonchev–Trinajstić information content (AvgIpc) is 2.75. The van der Waals surface area contributed by atoms with E-state index in [9.17, 15) is 50.0 Å². The van der Waals surface area contributed by atoms with Gasteiger partial charge in [0.1, 0.15) is 17.1 Å². The van der Waals surface area contributed by atoms with Crippen LogP contribution >= 0.6 is 0 Å². The third-order valence-electron chi connectivity index (χ3n) is 7.31. The predicted molar refractivity (Wildman–Crippen MR) is 116 cm³/mol. The van der Waals surface area contributed by atoms with Crippen molar-refractivity contribution in [3.63, 3.8) is 0 Å². The lowest BCUT2D eigenvalue weighted by Crippen LogP contribution is -2.68. The van der Waals surface area contributed by atoms with Gasteiger partial charge in [0.05, 0.1) is 28.6 Å². The summed E-state index contributed by atoms with van der Waals surface area (Å²) < 4.78 is 0. The number of carbonyl (C=O) groups is 3. The van der Waals surface area contributed by atoms with Gasteiger partial charge in [-0.25, -0.2) is 0 Å². The van der Waals surface area contributed by atoms with Crippen LogP contribution in [0.5, 0.6) is 5.75 Å². The molecular weight excluding hydrogens is 466 g/mol. The lowest BCUT2D eigenvalue weighted by atomic mass is 9.55. The summed E-state index contributed by atoms with van der Waals surface area (Å²) in [5.74, 6) is -10.7. The molecule has 3 aliphatic rings. The number of nitro benzene ring substituents is 1. The summed E-state index contributed by atoms with van der Waals surface area (Å²) >= 11 is 0. The van der Waals surface area contributed by atoms with Gasteiger partial charge in [-0.3, -0.25) is 29.4 Å². The van der Waals surface area contributed by atoms with Gasteiger partial charge >= 0.3 is 5.69 Å². The Kier molecular flexibility index (Phi) is 5.28. The van der Waals surface area contributed by atoms with E-state index in [1.165, 1.54) is 32.0 Å². The monoisotopic (exact) mass is 489 g/mol. The quantitative estimate of drug-likeness (QED) is 0.181. The fourth-order valence-electron chi connectivity index (χ4n) is 5.76. The number of ketones is 2. The summed E-state index contributed by atoms with van der Waals surface area (Å²) in [4.78, 5) is 50.4. The number of benzene rings is 1. The summed E-state index contributed by atoms with van der Waals surface area (Å²) in [6.07, 6.45) is -1.73. The van der Waals surface area contributed by atoms with Crippen LogP contribution in [-0.2, 0) is 9.59 Å². The molecule has 0 saturated carbocycles. The number of primary amides is 1. The second-order valence-corrected chi connectivity index (χ2v) is 9.21. The Morgan fingerprint density at radius 1 is 1.20 bits per heavy atom. The third kappa shape index (κ3) is 2.89. The van der Waals surface area contributed by atoms with Gasteiger partial charge < -0.3 is 31.3 Å². The van der Waals surface area contributed by atoms with E-state index >= 15 is 0 Å². The van der Waals surface area contributed by atoms with Crippen molar-refractivity contribution in [1.82, 2.24) is 4.90 Å². The molecule has 7 N–H and O–H groups in total. The van der Waals surface area contributed by atoms with Gasteiger partial charge in [0, 0.05) is 17.6 Å². The number of hydrogen-bond donors (Lipinski definition) is 6. The first-order chi connectivity index (χ1) is 16.2. The molecule has 13 nitrogen and oxygen atoms in total. The van der Waals surface area contributed by atoms with Crippen LogP contribution in [0.1, 0.15) is 28.8 Å². The number of phenols is 1. The number of nitrogens with two attached hydrogens (primary N) is 1. The van der Waals surface area contributed by atoms with Crippen molar-refractivity contribution < 1.29 is 44.8 Å². The van der Waals surface area contributed by atoms with E-state index in [2.05, 4.69) is 0 Å². The molecule has 0 fully saturated rings. The van der Waals surface area contributed by atoms with E-state index in [1.807, 2.05) is 0 Å². The molecule has 0 radical (unpaired) electrons. The largest absolute Gasteiger partial charge is 0.510 e. The molecule has 2 unspecified atom stereocenters. The molecule has 1 aromatic rings. The number of likely N-dealkylation sites (N-methyl/N-ethyl adjacent to an activating group) is 1. The van der Waals surface area contributed by atoms with Crippen LogP contribution in [-0.4, -0.2) is 84.7 Å². The number of amides is 1. The van der Waals surface area contributed by atoms with Gasteiger partial charge in [-0.15, -0.1) is 0 Å². The molecule has 186 valence electrons. The van der Waals surface area contributed by atoms with Crippen molar-refractivity contribution in [2.45, 2.75) is 30.6 Å². The van der Waals surface area contributed by atoms with Crippen LogP contribution in [0, 0.1) is 22.0 Å². The summed E-state index contributed by atoms with van der Waals surface area (Å²) in [5.41, 5.74) is -0.580. The molecule has 3 aliphatic carbocycles. The Labute approximate surface area is 197 Å². The number of nitrogens with zero attached hydrogens (tertiary/aromatic N) is 2.